The van der Waals surface area contributed by atoms with Gasteiger partial charge in [-0.15, -0.1) is 0 Å². The maximum Gasteiger partial charge on any atom is 0.255 e. The highest BCUT2D eigenvalue weighted by atomic mass is 19.1. The van der Waals surface area contributed by atoms with Crippen molar-refractivity contribution in [1.29, 1.82) is 0 Å². The summed E-state index contributed by atoms with van der Waals surface area (Å²) in [7, 11) is 0. The van der Waals surface area contributed by atoms with Crippen LogP contribution in [0.2, 0.25) is 0 Å². The van der Waals surface area contributed by atoms with E-state index in [1.165, 1.54) is 23.8 Å². The summed E-state index contributed by atoms with van der Waals surface area (Å²) in [6.45, 7) is 2.04. The van der Waals surface area contributed by atoms with Gasteiger partial charge in [-0.05, 0) is 67.1 Å². The van der Waals surface area contributed by atoms with Crippen molar-refractivity contribution in [2.24, 2.45) is 0 Å². The van der Waals surface area contributed by atoms with Gasteiger partial charge in [0.15, 0.2) is 0 Å². The zero-order valence-electron chi connectivity index (χ0n) is 13.2. The lowest BCUT2D eigenvalue weighted by molar-refractivity contribution is 0.102. The molecule has 0 unspecified atom stereocenters. The number of benzene rings is 3. The monoisotopic (exact) mass is 320 g/mol. The lowest BCUT2D eigenvalue weighted by Gasteiger charge is -2.09. The van der Waals surface area contributed by atoms with E-state index < -0.39 is 5.82 Å². The molecule has 0 aliphatic carbocycles. The highest BCUT2D eigenvalue weighted by Gasteiger charge is 2.07. The Kier molecular flexibility index (Phi) is 4.57. The second-order valence-electron chi connectivity index (χ2n) is 5.54. The normalized spacial score (nSPS) is 10.2. The van der Waals surface area contributed by atoms with Gasteiger partial charge in [0.2, 0.25) is 0 Å². The standard InChI is InChI=1S/C20H17FN2O/c1-14-4-2-7-19(12-14)22-17-8-10-18(11-9-17)23-20(24)15-5-3-6-16(21)13-15/h2-13,22H,1H3,(H,23,24). The van der Waals surface area contributed by atoms with Gasteiger partial charge in [-0.25, -0.2) is 4.39 Å². The van der Waals surface area contributed by atoms with E-state index in [2.05, 4.69) is 16.7 Å². The summed E-state index contributed by atoms with van der Waals surface area (Å²) in [5.74, 6) is -0.769. The SMILES string of the molecule is Cc1cccc(Nc2ccc(NC(=O)c3cccc(F)c3)cc2)c1. The van der Waals surface area contributed by atoms with E-state index in [9.17, 15) is 9.18 Å². The minimum Gasteiger partial charge on any atom is -0.356 e. The van der Waals surface area contributed by atoms with E-state index in [-0.39, 0.29) is 11.5 Å². The minimum absolute atomic E-state index is 0.289. The molecular weight excluding hydrogens is 303 g/mol. The van der Waals surface area contributed by atoms with E-state index >= 15 is 0 Å². The Hall–Kier alpha value is -3.14. The predicted molar refractivity (Wildman–Crippen MR) is 95.3 cm³/mol. The number of nitrogens with one attached hydrogen (secondary N) is 2. The van der Waals surface area contributed by atoms with Crippen LogP contribution in [0, 0.1) is 12.7 Å². The second-order valence-corrected chi connectivity index (χ2v) is 5.54. The first-order chi connectivity index (χ1) is 11.6. The van der Waals surface area contributed by atoms with Gasteiger partial charge in [-0.1, -0.05) is 18.2 Å². The first-order valence-electron chi connectivity index (χ1n) is 7.61. The fourth-order valence-electron chi connectivity index (χ4n) is 2.36. The van der Waals surface area contributed by atoms with Crippen LogP contribution >= 0.6 is 0 Å². The molecule has 0 saturated heterocycles. The van der Waals surface area contributed by atoms with Crippen molar-refractivity contribution in [3.8, 4) is 0 Å². The molecule has 0 radical (unpaired) electrons. The number of hydrogen-bond acceptors (Lipinski definition) is 2. The van der Waals surface area contributed by atoms with Crippen LogP contribution in [0.15, 0.2) is 72.8 Å². The molecule has 24 heavy (non-hydrogen) atoms. The number of hydrogen-bond donors (Lipinski definition) is 2. The van der Waals surface area contributed by atoms with Crippen molar-refractivity contribution in [3.05, 3.63) is 89.7 Å². The summed E-state index contributed by atoms with van der Waals surface area (Å²) in [4.78, 5) is 12.1. The van der Waals surface area contributed by atoms with Gasteiger partial charge < -0.3 is 10.6 Å². The highest BCUT2D eigenvalue weighted by molar-refractivity contribution is 6.04. The lowest BCUT2D eigenvalue weighted by Crippen LogP contribution is -2.11. The number of carbonyl (C=O) groups excluding carboxylic acids is 1. The van der Waals surface area contributed by atoms with Crippen molar-refractivity contribution >= 4 is 23.0 Å². The smallest absolute Gasteiger partial charge is 0.255 e. The fourth-order valence-corrected chi connectivity index (χ4v) is 2.36. The summed E-state index contributed by atoms with van der Waals surface area (Å²) < 4.78 is 13.2. The third-order valence-electron chi connectivity index (χ3n) is 3.54. The first kappa shape index (κ1) is 15.7. The van der Waals surface area contributed by atoms with E-state index in [0.717, 1.165) is 11.4 Å². The van der Waals surface area contributed by atoms with E-state index in [0.29, 0.717) is 5.69 Å². The molecule has 0 aliphatic heterocycles. The van der Waals surface area contributed by atoms with Gasteiger partial charge >= 0.3 is 0 Å². The Morgan fingerprint density at radius 3 is 2.25 bits per heavy atom. The zero-order valence-corrected chi connectivity index (χ0v) is 13.2. The molecule has 0 atom stereocenters. The number of amides is 1. The Balaban J connectivity index is 1.67. The topological polar surface area (TPSA) is 41.1 Å². The van der Waals surface area contributed by atoms with Gasteiger partial charge in [0.25, 0.3) is 5.91 Å². The number of carbonyl (C=O) groups is 1. The van der Waals surface area contributed by atoms with Crippen LogP contribution in [0.25, 0.3) is 0 Å². The Labute approximate surface area is 140 Å². The van der Waals surface area contributed by atoms with Gasteiger partial charge in [-0.3, -0.25) is 4.79 Å². The minimum atomic E-state index is -0.430. The fraction of sp³-hybridized carbons (Fsp3) is 0.0500. The summed E-state index contributed by atoms with van der Waals surface area (Å²) in [6, 6.07) is 21.0. The molecule has 0 heterocycles. The van der Waals surface area contributed by atoms with Crippen LogP contribution in [-0.2, 0) is 0 Å². The van der Waals surface area contributed by atoms with Crippen molar-refractivity contribution in [3.63, 3.8) is 0 Å². The van der Waals surface area contributed by atoms with Gasteiger partial charge in [0.05, 0.1) is 0 Å². The molecule has 0 bridgehead atoms. The van der Waals surface area contributed by atoms with Crippen LogP contribution in [-0.4, -0.2) is 5.91 Å². The largest absolute Gasteiger partial charge is 0.356 e. The summed E-state index contributed by atoms with van der Waals surface area (Å²) >= 11 is 0. The third-order valence-corrected chi connectivity index (χ3v) is 3.54. The van der Waals surface area contributed by atoms with E-state index in [1.54, 1.807) is 18.2 Å². The molecule has 4 heteroatoms. The molecule has 0 aromatic heterocycles. The van der Waals surface area contributed by atoms with Crippen molar-refractivity contribution in [2.75, 3.05) is 10.6 Å². The summed E-state index contributed by atoms with van der Waals surface area (Å²) in [5, 5.41) is 6.05. The zero-order chi connectivity index (χ0) is 16.9. The Bertz CT molecular complexity index is 860. The molecule has 1 amide bonds. The van der Waals surface area contributed by atoms with E-state index in [4.69, 9.17) is 0 Å². The van der Waals surface area contributed by atoms with Gasteiger partial charge in [0, 0.05) is 22.6 Å². The molecule has 3 aromatic carbocycles. The molecular formula is C20H17FN2O. The first-order valence-corrected chi connectivity index (χ1v) is 7.61. The van der Waals surface area contributed by atoms with Crippen molar-refractivity contribution < 1.29 is 9.18 Å². The van der Waals surface area contributed by atoms with Gasteiger partial charge in [0.1, 0.15) is 5.82 Å². The molecule has 0 aliphatic rings. The Morgan fingerprint density at radius 2 is 1.54 bits per heavy atom. The quantitative estimate of drug-likeness (QED) is 0.699. The van der Waals surface area contributed by atoms with Crippen LogP contribution < -0.4 is 10.6 Å². The molecule has 3 nitrogen and oxygen atoms in total. The number of aryl methyl sites for hydroxylation is 1. The van der Waals surface area contributed by atoms with Crippen LogP contribution in [0.3, 0.4) is 0 Å². The molecule has 0 saturated carbocycles. The summed E-state index contributed by atoms with van der Waals surface area (Å²) in [6.07, 6.45) is 0. The molecule has 3 aromatic rings. The molecule has 0 spiro atoms. The van der Waals surface area contributed by atoms with Crippen molar-refractivity contribution in [2.45, 2.75) is 6.92 Å². The summed E-state index contributed by atoms with van der Waals surface area (Å²) in [5.41, 5.74) is 4.05. The molecule has 2 N–H and O–H groups in total. The molecule has 0 fully saturated rings. The van der Waals surface area contributed by atoms with Crippen LogP contribution in [0.1, 0.15) is 15.9 Å². The Morgan fingerprint density at radius 1 is 0.833 bits per heavy atom. The van der Waals surface area contributed by atoms with E-state index in [1.807, 2.05) is 37.3 Å². The highest BCUT2D eigenvalue weighted by Crippen LogP contribution is 2.20. The van der Waals surface area contributed by atoms with Crippen LogP contribution in [0.4, 0.5) is 21.5 Å². The lowest BCUT2D eigenvalue weighted by atomic mass is 10.2. The number of rotatable bonds is 4. The number of halogens is 1. The third kappa shape index (κ3) is 3.98. The van der Waals surface area contributed by atoms with Crippen LogP contribution in [0.5, 0.6) is 0 Å². The molecule has 120 valence electrons. The average Bonchev–Trinajstić information content (AvgIpc) is 2.57. The van der Waals surface area contributed by atoms with Crippen molar-refractivity contribution in [1.82, 2.24) is 0 Å². The number of anilines is 3. The predicted octanol–water partition coefficient (Wildman–Crippen LogP) is 5.13. The van der Waals surface area contributed by atoms with Gasteiger partial charge in [-0.2, -0.15) is 0 Å². The maximum absolute atomic E-state index is 13.2. The maximum atomic E-state index is 13.2. The second kappa shape index (κ2) is 6.96. The average molecular weight is 320 g/mol. The molecule has 3 rings (SSSR count).